The van der Waals surface area contributed by atoms with E-state index in [1.807, 2.05) is 6.92 Å². The van der Waals surface area contributed by atoms with E-state index in [-0.39, 0.29) is 18.8 Å². The van der Waals surface area contributed by atoms with E-state index in [4.69, 9.17) is 14.6 Å². The minimum Gasteiger partial charge on any atom is -0.462 e. The van der Waals surface area contributed by atoms with Crippen molar-refractivity contribution in [1.82, 2.24) is 0 Å². The molecule has 34 heavy (non-hydrogen) atoms. The number of carbonyl (C=O) groups excluding carboxylic acids is 2. The molecule has 5 nitrogen and oxygen atoms in total. The van der Waals surface area contributed by atoms with Crippen LogP contribution in [0.15, 0.2) is 24.3 Å². The van der Waals surface area contributed by atoms with Crippen molar-refractivity contribution in [1.29, 1.82) is 0 Å². The van der Waals surface area contributed by atoms with E-state index in [2.05, 4.69) is 20.1 Å². The minimum atomic E-state index is -0.593. The number of ether oxygens (including phenoxy) is 2. The van der Waals surface area contributed by atoms with Gasteiger partial charge in [0.15, 0.2) is 0 Å². The molecule has 2 saturated carbocycles. The van der Waals surface area contributed by atoms with Crippen LogP contribution >= 0.6 is 0 Å². The summed E-state index contributed by atoms with van der Waals surface area (Å²) in [6, 6.07) is 0. The standard InChI is InChI=1S/C29H48O5/c1-6-7-8-9-23-10-12-24(13-11-23)25-14-16-26(17-15-25)29(5,19-33-27(31)21(2)3)20-34-28(32)22(4)18-30/h23-26,30H,2,4,6-20H2,1,3,5H3. The number of aliphatic hydroxyl groups is 1. The summed E-state index contributed by atoms with van der Waals surface area (Å²) < 4.78 is 11.0. The predicted molar refractivity (Wildman–Crippen MR) is 136 cm³/mol. The first-order chi connectivity index (χ1) is 16.2. The van der Waals surface area contributed by atoms with Crippen molar-refractivity contribution >= 4 is 11.9 Å². The Morgan fingerprint density at radius 3 is 1.91 bits per heavy atom. The molecule has 0 aromatic heterocycles. The monoisotopic (exact) mass is 476 g/mol. The van der Waals surface area contributed by atoms with Crippen molar-refractivity contribution in [2.75, 3.05) is 19.8 Å². The Balaban J connectivity index is 1.90. The van der Waals surface area contributed by atoms with Crippen LogP contribution in [0.5, 0.6) is 0 Å². The predicted octanol–water partition coefficient (Wildman–Crippen LogP) is 6.40. The Bertz CT molecular complexity index is 683. The van der Waals surface area contributed by atoms with Crippen LogP contribution in [0.3, 0.4) is 0 Å². The molecular formula is C29H48O5. The Kier molecular flexibility index (Phi) is 11.8. The summed E-state index contributed by atoms with van der Waals surface area (Å²) in [5.41, 5.74) is -0.0735. The molecular weight excluding hydrogens is 428 g/mol. The highest BCUT2D eigenvalue weighted by Gasteiger charge is 2.41. The molecule has 5 heteroatoms. The third-order valence-electron chi connectivity index (χ3n) is 8.43. The van der Waals surface area contributed by atoms with Gasteiger partial charge in [0.05, 0.1) is 12.2 Å². The average Bonchev–Trinajstić information content (AvgIpc) is 2.86. The summed E-state index contributed by atoms with van der Waals surface area (Å²) in [4.78, 5) is 24.2. The highest BCUT2D eigenvalue weighted by molar-refractivity contribution is 5.88. The topological polar surface area (TPSA) is 72.8 Å². The number of hydrogen-bond donors (Lipinski definition) is 1. The Morgan fingerprint density at radius 1 is 0.882 bits per heavy atom. The van der Waals surface area contributed by atoms with E-state index in [9.17, 15) is 9.59 Å². The Labute approximate surface area is 207 Å². The van der Waals surface area contributed by atoms with Crippen molar-refractivity contribution in [3.05, 3.63) is 24.3 Å². The molecule has 1 unspecified atom stereocenters. The smallest absolute Gasteiger partial charge is 0.335 e. The maximum atomic E-state index is 12.1. The second-order valence-corrected chi connectivity index (χ2v) is 11.2. The normalized spacial score (nSPS) is 26.8. The van der Waals surface area contributed by atoms with Crippen LogP contribution in [0.4, 0.5) is 0 Å². The molecule has 0 saturated heterocycles. The van der Waals surface area contributed by atoms with Crippen LogP contribution in [-0.4, -0.2) is 36.9 Å². The summed E-state index contributed by atoms with van der Waals surface area (Å²) in [5.74, 6) is 1.87. The fraction of sp³-hybridized carbons (Fsp3) is 0.793. The van der Waals surface area contributed by atoms with Crippen molar-refractivity contribution in [2.45, 2.75) is 97.8 Å². The quantitative estimate of drug-likeness (QED) is 0.189. The SMILES string of the molecule is C=C(C)C(=O)OCC(C)(COC(=O)C(=C)CO)C1CCC(C2CCC(CCCCC)CC2)CC1. The van der Waals surface area contributed by atoms with Gasteiger partial charge in [-0.3, -0.25) is 0 Å². The molecule has 0 aliphatic heterocycles. The fourth-order valence-corrected chi connectivity index (χ4v) is 5.95. The molecule has 2 aliphatic carbocycles. The fourth-order valence-electron chi connectivity index (χ4n) is 5.95. The first kappa shape index (κ1) is 28.6. The molecule has 1 N–H and O–H groups in total. The second-order valence-electron chi connectivity index (χ2n) is 11.2. The molecule has 0 aromatic carbocycles. The first-order valence-electron chi connectivity index (χ1n) is 13.5. The van der Waals surface area contributed by atoms with Gasteiger partial charge < -0.3 is 14.6 Å². The van der Waals surface area contributed by atoms with Gasteiger partial charge in [-0.1, -0.05) is 65.5 Å². The summed E-state index contributed by atoms with van der Waals surface area (Å²) in [6.07, 6.45) is 15.5. The van der Waals surface area contributed by atoms with E-state index in [0.717, 1.165) is 30.6 Å². The van der Waals surface area contributed by atoms with E-state index >= 15 is 0 Å². The zero-order valence-corrected chi connectivity index (χ0v) is 21.9. The van der Waals surface area contributed by atoms with Gasteiger partial charge in [-0.05, 0) is 69.1 Å². The van der Waals surface area contributed by atoms with E-state index < -0.39 is 24.0 Å². The number of aliphatic hydroxyl groups excluding tert-OH is 1. The van der Waals surface area contributed by atoms with Gasteiger partial charge in [0.1, 0.15) is 13.2 Å². The number of esters is 2. The van der Waals surface area contributed by atoms with Crippen LogP contribution in [0.1, 0.15) is 97.8 Å². The molecule has 2 aliphatic rings. The third kappa shape index (κ3) is 8.55. The van der Waals surface area contributed by atoms with Gasteiger partial charge in [0.25, 0.3) is 0 Å². The van der Waals surface area contributed by atoms with Crippen LogP contribution < -0.4 is 0 Å². The molecule has 0 aromatic rings. The van der Waals surface area contributed by atoms with Crippen LogP contribution in [-0.2, 0) is 19.1 Å². The molecule has 0 spiro atoms. The first-order valence-corrected chi connectivity index (χ1v) is 13.5. The van der Waals surface area contributed by atoms with Crippen LogP contribution in [0.2, 0.25) is 0 Å². The number of carbonyl (C=O) groups is 2. The summed E-state index contributed by atoms with van der Waals surface area (Å²) in [7, 11) is 0. The van der Waals surface area contributed by atoms with Gasteiger partial charge in [-0.25, -0.2) is 9.59 Å². The van der Waals surface area contributed by atoms with Crippen molar-refractivity contribution in [2.24, 2.45) is 29.1 Å². The van der Waals surface area contributed by atoms with E-state index in [1.165, 1.54) is 64.2 Å². The zero-order valence-electron chi connectivity index (χ0n) is 21.9. The minimum absolute atomic E-state index is 0.0373. The maximum absolute atomic E-state index is 12.1. The van der Waals surface area contributed by atoms with E-state index in [1.54, 1.807) is 6.92 Å². The molecule has 0 bridgehead atoms. The molecule has 194 valence electrons. The summed E-state index contributed by atoms with van der Waals surface area (Å²) >= 11 is 0. The lowest BCUT2D eigenvalue weighted by Crippen LogP contribution is -2.41. The Hall–Kier alpha value is -1.62. The molecule has 1 atom stereocenters. The molecule has 2 rings (SSSR count). The summed E-state index contributed by atoms with van der Waals surface area (Å²) in [6.45, 7) is 13.1. The lowest BCUT2D eigenvalue weighted by Gasteiger charge is -2.43. The van der Waals surface area contributed by atoms with Crippen molar-refractivity contribution < 1.29 is 24.2 Å². The van der Waals surface area contributed by atoms with Gasteiger partial charge in [0.2, 0.25) is 0 Å². The van der Waals surface area contributed by atoms with Gasteiger partial charge in [-0.2, -0.15) is 0 Å². The van der Waals surface area contributed by atoms with Crippen LogP contribution in [0, 0.1) is 29.1 Å². The highest BCUT2D eigenvalue weighted by atomic mass is 16.5. The lowest BCUT2D eigenvalue weighted by atomic mass is 9.64. The molecule has 2 fully saturated rings. The molecule has 0 radical (unpaired) electrons. The van der Waals surface area contributed by atoms with Crippen LogP contribution in [0.25, 0.3) is 0 Å². The zero-order chi connectivity index (χ0) is 25.1. The van der Waals surface area contributed by atoms with Crippen molar-refractivity contribution in [3.8, 4) is 0 Å². The lowest BCUT2D eigenvalue weighted by molar-refractivity contribution is -0.152. The maximum Gasteiger partial charge on any atom is 0.335 e. The second kappa shape index (κ2) is 14.1. The third-order valence-corrected chi connectivity index (χ3v) is 8.43. The van der Waals surface area contributed by atoms with Gasteiger partial charge >= 0.3 is 11.9 Å². The largest absolute Gasteiger partial charge is 0.462 e. The number of hydrogen-bond acceptors (Lipinski definition) is 5. The summed E-state index contributed by atoms with van der Waals surface area (Å²) in [5, 5.41) is 9.16. The highest BCUT2D eigenvalue weighted by Crippen LogP contribution is 2.46. The van der Waals surface area contributed by atoms with Gasteiger partial charge in [0, 0.05) is 11.0 Å². The molecule has 0 heterocycles. The molecule has 0 amide bonds. The van der Waals surface area contributed by atoms with Crippen molar-refractivity contribution in [3.63, 3.8) is 0 Å². The van der Waals surface area contributed by atoms with Gasteiger partial charge in [-0.15, -0.1) is 0 Å². The average molecular weight is 477 g/mol. The number of rotatable bonds is 13. The van der Waals surface area contributed by atoms with E-state index in [0.29, 0.717) is 11.5 Å². The Morgan fingerprint density at radius 2 is 1.41 bits per heavy atom. The number of unbranched alkanes of at least 4 members (excludes halogenated alkanes) is 2.